The van der Waals surface area contributed by atoms with E-state index in [0.29, 0.717) is 25.7 Å². The van der Waals surface area contributed by atoms with Crippen LogP contribution in [0.3, 0.4) is 0 Å². The third-order valence-electron chi connectivity index (χ3n) is 4.82. The number of nitrogens with two attached hydrogens (primary N) is 1. The summed E-state index contributed by atoms with van der Waals surface area (Å²) in [4.78, 5) is 27.9. The summed E-state index contributed by atoms with van der Waals surface area (Å²) in [5, 5.41) is 3.16. The van der Waals surface area contributed by atoms with Crippen LogP contribution in [0.25, 0.3) is 0 Å². The molecule has 2 fully saturated rings. The summed E-state index contributed by atoms with van der Waals surface area (Å²) in [6.45, 7) is 7.24. The molecule has 1 atom stereocenters. The Hall–Kier alpha value is -0.850. The summed E-state index contributed by atoms with van der Waals surface area (Å²) in [5.74, 6) is 0.913. The fourth-order valence-electron chi connectivity index (χ4n) is 3.30. The molecule has 1 saturated heterocycles. The first-order valence-corrected chi connectivity index (χ1v) is 8.51. The van der Waals surface area contributed by atoms with E-state index in [2.05, 4.69) is 17.1 Å². The minimum Gasteiger partial charge on any atom is -0.352 e. The van der Waals surface area contributed by atoms with Crippen LogP contribution in [0.15, 0.2) is 0 Å². The number of hydrogen-bond donors (Lipinski definition) is 2. The molecule has 2 aliphatic rings. The molecule has 1 aliphatic carbocycles. The smallest absolute Gasteiger partial charge is 0.239 e. The van der Waals surface area contributed by atoms with Crippen LogP contribution in [-0.4, -0.2) is 66.4 Å². The standard InChI is InChI=1S/C16H30N4O2.ClH/c1-12-3-5-14(6-4-12)18-15(21)11-19-7-9-20(10-8-19)16(22)13(2)17;/h12-14H,3-11,17H2,1-2H3,(H,18,21);1H. The number of rotatable bonds is 4. The van der Waals surface area contributed by atoms with Gasteiger partial charge in [-0.25, -0.2) is 0 Å². The maximum Gasteiger partial charge on any atom is 0.239 e. The van der Waals surface area contributed by atoms with Crippen LogP contribution < -0.4 is 11.1 Å². The molecular formula is C16H31ClN4O2. The highest BCUT2D eigenvalue weighted by molar-refractivity contribution is 5.85. The molecule has 1 aliphatic heterocycles. The van der Waals surface area contributed by atoms with Gasteiger partial charge in [-0.15, -0.1) is 12.4 Å². The summed E-state index contributed by atoms with van der Waals surface area (Å²) in [6.07, 6.45) is 4.62. The summed E-state index contributed by atoms with van der Waals surface area (Å²) < 4.78 is 0. The number of amides is 2. The molecule has 0 spiro atoms. The van der Waals surface area contributed by atoms with Crippen LogP contribution in [0, 0.1) is 5.92 Å². The van der Waals surface area contributed by atoms with Gasteiger partial charge in [0.15, 0.2) is 0 Å². The van der Waals surface area contributed by atoms with Gasteiger partial charge in [0, 0.05) is 32.2 Å². The molecule has 0 aromatic heterocycles. The molecule has 2 rings (SSSR count). The number of halogens is 1. The monoisotopic (exact) mass is 346 g/mol. The highest BCUT2D eigenvalue weighted by atomic mass is 35.5. The van der Waals surface area contributed by atoms with E-state index < -0.39 is 6.04 Å². The number of nitrogens with zero attached hydrogens (tertiary/aromatic N) is 2. The number of hydrogen-bond acceptors (Lipinski definition) is 4. The van der Waals surface area contributed by atoms with E-state index in [1.807, 2.05) is 0 Å². The van der Waals surface area contributed by atoms with Crippen LogP contribution in [0.5, 0.6) is 0 Å². The zero-order valence-electron chi connectivity index (χ0n) is 14.3. The van der Waals surface area contributed by atoms with Crippen LogP contribution in [0.2, 0.25) is 0 Å². The molecule has 0 aromatic rings. The van der Waals surface area contributed by atoms with Crippen molar-refractivity contribution in [1.82, 2.24) is 15.1 Å². The third kappa shape index (κ3) is 6.28. The lowest BCUT2D eigenvalue weighted by Gasteiger charge is -2.35. The fourth-order valence-corrected chi connectivity index (χ4v) is 3.30. The average Bonchev–Trinajstić information content (AvgIpc) is 2.49. The van der Waals surface area contributed by atoms with Gasteiger partial charge in [0.25, 0.3) is 0 Å². The van der Waals surface area contributed by atoms with Gasteiger partial charge >= 0.3 is 0 Å². The molecule has 0 radical (unpaired) electrons. The second-order valence-corrected chi connectivity index (χ2v) is 6.91. The topological polar surface area (TPSA) is 78.7 Å². The van der Waals surface area contributed by atoms with E-state index >= 15 is 0 Å². The molecule has 7 heteroatoms. The van der Waals surface area contributed by atoms with E-state index in [9.17, 15) is 9.59 Å². The van der Waals surface area contributed by atoms with Crippen molar-refractivity contribution in [2.75, 3.05) is 32.7 Å². The molecule has 6 nitrogen and oxygen atoms in total. The Bertz CT molecular complexity index is 390. The predicted octanol–water partition coefficient (Wildman–Crippen LogP) is 0.595. The van der Waals surface area contributed by atoms with E-state index in [4.69, 9.17) is 5.73 Å². The van der Waals surface area contributed by atoms with Gasteiger partial charge in [-0.05, 0) is 38.5 Å². The first-order chi connectivity index (χ1) is 10.5. The second kappa shape index (κ2) is 9.45. The van der Waals surface area contributed by atoms with E-state index in [0.717, 1.165) is 31.8 Å². The Kier molecular flexibility index (Phi) is 8.29. The zero-order chi connectivity index (χ0) is 16.1. The molecule has 3 N–H and O–H groups in total. The van der Waals surface area contributed by atoms with Gasteiger partial charge in [-0.3, -0.25) is 14.5 Å². The largest absolute Gasteiger partial charge is 0.352 e. The number of piperazine rings is 1. The van der Waals surface area contributed by atoms with Crippen LogP contribution in [-0.2, 0) is 9.59 Å². The van der Waals surface area contributed by atoms with Gasteiger partial charge < -0.3 is 16.0 Å². The second-order valence-electron chi connectivity index (χ2n) is 6.91. The van der Waals surface area contributed by atoms with E-state index in [1.165, 1.54) is 12.8 Å². The Morgan fingerprint density at radius 1 is 1.13 bits per heavy atom. The number of nitrogens with one attached hydrogen (secondary N) is 1. The number of carbonyl (C=O) groups is 2. The molecule has 1 saturated carbocycles. The zero-order valence-corrected chi connectivity index (χ0v) is 15.1. The number of carbonyl (C=O) groups excluding carboxylic acids is 2. The summed E-state index contributed by atoms with van der Waals surface area (Å²) in [6, 6.07) is -0.0896. The maximum absolute atomic E-state index is 12.1. The third-order valence-corrected chi connectivity index (χ3v) is 4.82. The predicted molar refractivity (Wildman–Crippen MR) is 93.5 cm³/mol. The molecule has 134 valence electrons. The van der Waals surface area contributed by atoms with Crippen molar-refractivity contribution in [3.8, 4) is 0 Å². The Morgan fingerprint density at radius 3 is 2.22 bits per heavy atom. The quantitative estimate of drug-likeness (QED) is 0.781. The Labute approximate surface area is 145 Å². The molecule has 0 aromatic carbocycles. The lowest BCUT2D eigenvalue weighted by atomic mass is 9.87. The van der Waals surface area contributed by atoms with Crippen LogP contribution in [0.4, 0.5) is 0 Å². The Balaban J connectivity index is 0.00000264. The van der Waals surface area contributed by atoms with Crippen LogP contribution >= 0.6 is 12.4 Å². The van der Waals surface area contributed by atoms with Crippen LogP contribution in [0.1, 0.15) is 39.5 Å². The molecule has 23 heavy (non-hydrogen) atoms. The first kappa shape index (κ1) is 20.2. The Morgan fingerprint density at radius 2 is 1.70 bits per heavy atom. The van der Waals surface area contributed by atoms with Crippen molar-refractivity contribution in [1.29, 1.82) is 0 Å². The summed E-state index contributed by atoms with van der Waals surface area (Å²) in [7, 11) is 0. The summed E-state index contributed by atoms with van der Waals surface area (Å²) in [5.41, 5.74) is 5.63. The molecular weight excluding hydrogens is 316 g/mol. The normalized spacial score (nSPS) is 27.0. The van der Waals surface area contributed by atoms with Crippen molar-refractivity contribution < 1.29 is 9.59 Å². The van der Waals surface area contributed by atoms with Crippen molar-refractivity contribution in [2.24, 2.45) is 11.7 Å². The van der Waals surface area contributed by atoms with Crippen molar-refractivity contribution in [2.45, 2.75) is 51.6 Å². The van der Waals surface area contributed by atoms with Crippen molar-refractivity contribution in [3.63, 3.8) is 0 Å². The highest BCUT2D eigenvalue weighted by Crippen LogP contribution is 2.23. The van der Waals surface area contributed by atoms with Crippen molar-refractivity contribution in [3.05, 3.63) is 0 Å². The SMILES string of the molecule is CC1CCC(NC(=O)CN2CCN(C(=O)C(C)N)CC2)CC1.Cl. The maximum atomic E-state index is 12.1. The molecule has 1 heterocycles. The van der Waals surface area contributed by atoms with Gasteiger partial charge in [-0.1, -0.05) is 6.92 Å². The minimum atomic E-state index is -0.441. The van der Waals surface area contributed by atoms with Gasteiger partial charge in [-0.2, -0.15) is 0 Å². The first-order valence-electron chi connectivity index (χ1n) is 8.51. The molecule has 1 unspecified atom stereocenters. The lowest BCUT2D eigenvalue weighted by molar-refractivity contribution is -0.134. The molecule has 2 amide bonds. The van der Waals surface area contributed by atoms with Gasteiger partial charge in [0.1, 0.15) is 0 Å². The van der Waals surface area contributed by atoms with E-state index in [1.54, 1.807) is 11.8 Å². The molecule has 0 bridgehead atoms. The minimum absolute atomic E-state index is 0. The van der Waals surface area contributed by atoms with Gasteiger partial charge in [0.2, 0.25) is 11.8 Å². The van der Waals surface area contributed by atoms with E-state index in [-0.39, 0.29) is 24.2 Å². The van der Waals surface area contributed by atoms with Crippen molar-refractivity contribution >= 4 is 24.2 Å². The average molecular weight is 347 g/mol. The summed E-state index contributed by atoms with van der Waals surface area (Å²) >= 11 is 0. The lowest BCUT2D eigenvalue weighted by Crippen LogP contribution is -2.54. The van der Waals surface area contributed by atoms with Gasteiger partial charge in [0.05, 0.1) is 12.6 Å². The fraction of sp³-hybridized carbons (Fsp3) is 0.875. The highest BCUT2D eigenvalue weighted by Gasteiger charge is 2.25.